The molecule has 26 heavy (non-hydrogen) atoms. The molecule has 0 saturated carbocycles. The van der Waals surface area contributed by atoms with Gasteiger partial charge in [-0.25, -0.2) is 4.79 Å². The first kappa shape index (κ1) is 18.8. The molecule has 1 aliphatic heterocycles. The highest BCUT2D eigenvalue weighted by molar-refractivity contribution is 8.00. The summed E-state index contributed by atoms with van der Waals surface area (Å²) in [6.45, 7) is 1.45. The van der Waals surface area contributed by atoms with Crippen LogP contribution < -0.4 is 5.32 Å². The first-order valence-electron chi connectivity index (χ1n) is 8.23. The number of carbonyl (C=O) groups is 1. The van der Waals surface area contributed by atoms with Crippen LogP contribution in [0.3, 0.4) is 0 Å². The van der Waals surface area contributed by atoms with Crippen LogP contribution in [0, 0.1) is 0 Å². The summed E-state index contributed by atoms with van der Waals surface area (Å²) >= 11 is -0.207. The lowest BCUT2D eigenvalue weighted by Crippen LogP contribution is -2.43. The Hall–Kier alpha value is -1.99. The van der Waals surface area contributed by atoms with Crippen molar-refractivity contribution in [1.29, 1.82) is 0 Å². The van der Waals surface area contributed by atoms with E-state index in [9.17, 15) is 18.0 Å². The Morgan fingerprint density at radius 1 is 1.00 bits per heavy atom. The second kappa shape index (κ2) is 7.72. The molecule has 1 saturated heterocycles. The van der Waals surface area contributed by atoms with Crippen LogP contribution in [0.2, 0.25) is 0 Å². The summed E-state index contributed by atoms with van der Waals surface area (Å²) in [6, 6.07) is 14.9. The Morgan fingerprint density at radius 3 is 2.19 bits per heavy atom. The van der Waals surface area contributed by atoms with Gasteiger partial charge < -0.3 is 10.1 Å². The highest BCUT2D eigenvalue weighted by Crippen LogP contribution is 2.38. The first-order valence-corrected chi connectivity index (χ1v) is 9.05. The first-order chi connectivity index (χ1) is 12.4. The van der Waals surface area contributed by atoms with E-state index in [1.54, 1.807) is 0 Å². The molecular formula is C19H18F3NO2S. The van der Waals surface area contributed by atoms with Crippen LogP contribution in [-0.4, -0.2) is 24.6 Å². The van der Waals surface area contributed by atoms with Crippen LogP contribution in [0.15, 0.2) is 59.5 Å². The fourth-order valence-electron chi connectivity index (χ4n) is 3.05. The lowest BCUT2D eigenvalue weighted by atomic mass is 9.84. The molecule has 2 aromatic carbocycles. The zero-order valence-corrected chi connectivity index (χ0v) is 14.7. The van der Waals surface area contributed by atoms with Crippen molar-refractivity contribution in [2.75, 3.05) is 13.1 Å². The molecule has 1 heterocycles. The van der Waals surface area contributed by atoms with Gasteiger partial charge in [0.15, 0.2) is 0 Å². The van der Waals surface area contributed by atoms with Crippen molar-refractivity contribution in [2.45, 2.75) is 28.8 Å². The molecule has 7 heteroatoms. The molecule has 0 spiro atoms. The average molecular weight is 381 g/mol. The molecule has 1 aliphatic rings. The minimum absolute atomic E-state index is 0.0358. The molecule has 0 amide bonds. The molecule has 0 atom stereocenters. The molecule has 0 unspecified atom stereocenters. The Morgan fingerprint density at radius 2 is 1.62 bits per heavy atom. The lowest BCUT2D eigenvalue weighted by Gasteiger charge is -2.37. The number of thioether (sulfide) groups is 1. The van der Waals surface area contributed by atoms with Crippen LogP contribution >= 0.6 is 11.8 Å². The van der Waals surface area contributed by atoms with Gasteiger partial charge >= 0.3 is 11.5 Å². The number of hydrogen-bond donors (Lipinski definition) is 1. The topological polar surface area (TPSA) is 38.3 Å². The maximum absolute atomic E-state index is 12.6. The van der Waals surface area contributed by atoms with E-state index >= 15 is 0 Å². The molecule has 2 aromatic rings. The summed E-state index contributed by atoms with van der Waals surface area (Å²) in [6.07, 6.45) is 1.29. The van der Waals surface area contributed by atoms with Crippen LogP contribution in [-0.2, 0) is 10.3 Å². The van der Waals surface area contributed by atoms with Gasteiger partial charge in [-0.2, -0.15) is 13.2 Å². The van der Waals surface area contributed by atoms with Crippen LogP contribution in [0.5, 0.6) is 0 Å². The normalized spacial score (nSPS) is 16.9. The van der Waals surface area contributed by atoms with E-state index < -0.39 is 17.1 Å². The molecule has 138 valence electrons. The van der Waals surface area contributed by atoms with Crippen molar-refractivity contribution in [3.63, 3.8) is 0 Å². The molecule has 0 aliphatic carbocycles. The van der Waals surface area contributed by atoms with Crippen molar-refractivity contribution >= 4 is 17.7 Å². The summed E-state index contributed by atoms with van der Waals surface area (Å²) in [5, 5.41) is 3.25. The number of carbonyl (C=O) groups excluding carboxylic acids is 1. The number of hydrogen-bond acceptors (Lipinski definition) is 4. The summed E-state index contributed by atoms with van der Waals surface area (Å²) in [4.78, 5) is 12.7. The minimum Gasteiger partial charge on any atom is -0.450 e. The van der Waals surface area contributed by atoms with Gasteiger partial charge in [-0.15, -0.1) is 0 Å². The number of rotatable bonds is 4. The van der Waals surface area contributed by atoms with E-state index in [4.69, 9.17) is 4.74 Å². The van der Waals surface area contributed by atoms with E-state index in [-0.39, 0.29) is 22.2 Å². The maximum Gasteiger partial charge on any atom is 0.446 e. The van der Waals surface area contributed by atoms with Crippen LogP contribution in [0.25, 0.3) is 0 Å². The Labute approximate surface area is 153 Å². The molecule has 1 fully saturated rings. The summed E-state index contributed by atoms with van der Waals surface area (Å²) in [7, 11) is 0. The van der Waals surface area contributed by atoms with Crippen molar-refractivity contribution in [3.05, 3.63) is 65.7 Å². The Balaban J connectivity index is 1.78. The van der Waals surface area contributed by atoms with Crippen LogP contribution in [0.1, 0.15) is 28.8 Å². The number of esters is 1. The van der Waals surface area contributed by atoms with Crippen molar-refractivity contribution in [3.8, 4) is 0 Å². The second-order valence-electron chi connectivity index (χ2n) is 6.07. The molecule has 0 radical (unpaired) electrons. The van der Waals surface area contributed by atoms with Gasteiger partial charge in [-0.3, -0.25) is 0 Å². The average Bonchev–Trinajstić information content (AvgIpc) is 2.62. The molecule has 1 N–H and O–H groups in total. The maximum atomic E-state index is 12.6. The van der Waals surface area contributed by atoms with Gasteiger partial charge in [0.25, 0.3) is 0 Å². The molecule has 0 bridgehead atoms. The number of nitrogens with one attached hydrogen (secondary N) is 1. The van der Waals surface area contributed by atoms with Crippen molar-refractivity contribution < 1.29 is 22.7 Å². The lowest BCUT2D eigenvalue weighted by molar-refractivity contribution is -0.0379. The molecule has 3 nitrogen and oxygen atoms in total. The highest BCUT2D eigenvalue weighted by atomic mass is 32.2. The summed E-state index contributed by atoms with van der Waals surface area (Å²) < 4.78 is 43.1. The zero-order chi connectivity index (χ0) is 18.6. The summed E-state index contributed by atoms with van der Waals surface area (Å²) in [5.41, 5.74) is -3.90. The van der Waals surface area contributed by atoms with E-state index in [0.29, 0.717) is 12.8 Å². The quantitative estimate of drug-likeness (QED) is 0.614. The predicted molar refractivity (Wildman–Crippen MR) is 94.0 cm³/mol. The number of benzene rings is 2. The Kier molecular flexibility index (Phi) is 5.58. The largest absolute Gasteiger partial charge is 0.450 e. The monoisotopic (exact) mass is 381 g/mol. The number of halogens is 3. The molecular weight excluding hydrogens is 363 g/mol. The molecule has 0 aromatic heterocycles. The van der Waals surface area contributed by atoms with E-state index in [0.717, 1.165) is 18.7 Å². The highest BCUT2D eigenvalue weighted by Gasteiger charge is 2.38. The smallest absolute Gasteiger partial charge is 0.446 e. The van der Waals surface area contributed by atoms with E-state index in [2.05, 4.69) is 5.32 Å². The van der Waals surface area contributed by atoms with E-state index in [1.165, 1.54) is 24.3 Å². The molecule has 3 rings (SSSR count). The number of ether oxygens (including phenoxy) is 1. The Bertz CT molecular complexity index is 742. The number of piperidine rings is 1. The van der Waals surface area contributed by atoms with E-state index in [1.807, 2.05) is 30.3 Å². The van der Waals surface area contributed by atoms with Gasteiger partial charge in [0.2, 0.25) is 0 Å². The van der Waals surface area contributed by atoms with Gasteiger partial charge in [0.05, 0.1) is 5.56 Å². The minimum atomic E-state index is -4.35. The fourth-order valence-corrected chi connectivity index (χ4v) is 3.59. The third kappa shape index (κ3) is 4.59. The van der Waals surface area contributed by atoms with Crippen LogP contribution in [0.4, 0.5) is 13.2 Å². The number of alkyl halides is 3. The second-order valence-corrected chi connectivity index (χ2v) is 7.21. The van der Waals surface area contributed by atoms with Gasteiger partial charge in [-0.1, -0.05) is 30.3 Å². The standard InChI is InChI=1S/C19H18F3NO2S/c20-19(21,22)26-16-8-6-14(7-9-16)17(24)25-18(10-12-23-13-11-18)15-4-2-1-3-5-15/h1-9,23H,10-13H2. The van der Waals surface area contributed by atoms with Gasteiger partial charge in [-0.05, 0) is 54.7 Å². The summed E-state index contributed by atoms with van der Waals surface area (Å²) in [5.74, 6) is -0.528. The predicted octanol–water partition coefficient (Wildman–Crippen LogP) is 4.73. The van der Waals surface area contributed by atoms with Gasteiger partial charge in [0.1, 0.15) is 5.60 Å². The fraction of sp³-hybridized carbons (Fsp3) is 0.316. The SMILES string of the molecule is O=C(OC1(c2ccccc2)CCNCC1)c1ccc(SC(F)(F)F)cc1. The van der Waals surface area contributed by atoms with Crippen molar-refractivity contribution in [2.24, 2.45) is 0 Å². The third-order valence-electron chi connectivity index (χ3n) is 4.32. The van der Waals surface area contributed by atoms with Gasteiger partial charge in [0, 0.05) is 17.7 Å². The third-order valence-corrected chi connectivity index (χ3v) is 5.06. The zero-order valence-electron chi connectivity index (χ0n) is 13.9. The van der Waals surface area contributed by atoms with Crippen molar-refractivity contribution in [1.82, 2.24) is 5.32 Å².